The number of carbonyl (C=O) groups excluding carboxylic acids is 2. The van der Waals surface area contributed by atoms with Crippen LogP contribution >= 0.6 is 24.0 Å². The van der Waals surface area contributed by atoms with Crippen LogP contribution in [-0.2, 0) is 9.59 Å². The van der Waals surface area contributed by atoms with Crippen molar-refractivity contribution in [3.63, 3.8) is 0 Å². The molecule has 0 spiro atoms. The van der Waals surface area contributed by atoms with Gasteiger partial charge in [-0.05, 0) is 43.0 Å². The molecule has 3 rings (SSSR count). The topological polar surface area (TPSA) is 49.9 Å². The van der Waals surface area contributed by atoms with Crippen LogP contribution in [0.1, 0.15) is 31.2 Å². The summed E-state index contributed by atoms with van der Waals surface area (Å²) in [7, 11) is 1.61. The second kappa shape index (κ2) is 8.68. The SMILES string of the molecule is COc1cccc(/C=C2\SC(=S)N(CCC(=O)N3CCCCC3)C2=O)c1. The third-order valence-corrected chi connectivity index (χ3v) is 5.90. The molecule has 1 aromatic rings. The summed E-state index contributed by atoms with van der Waals surface area (Å²) in [6.07, 6.45) is 5.45. The minimum absolute atomic E-state index is 0.107. The van der Waals surface area contributed by atoms with Gasteiger partial charge >= 0.3 is 0 Å². The molecule has 2 fully saturated rings. The van der Waals surface area contributed by atoms with Crippen LogP contribution < -0.4 is 4.74 Å². The van der Waals surface area contributed by atoms with Crippen molar-refractivity contribution in [2.24, 2.45) is 0 Å². The minimum atomic E-state index is -0.130. The van der Waals surface area contributed by atoms with Crippen molar-refractivity contribution in [3.8, 4) is 5.75 Å². The van der Waals surface area contributed by atoms with E-state index in [9.17, 15) is 9.59 Å². The molecule has 5 nitrogen and oxygen atoms in total. The summed E-state index contributed by atoms with van der Waals surface area (Å²) in [5.74, 6) is 0.714. The first kappa shape index (κ1) is 18.9. The molecule has 0 N–H and O–H groups in total. The van der Waals surface area contributed by atoms with Gasteiger partial charge < -0.3 is 9.64 Å². The first-order valence-corrected chi connectivity index (χ1v) is 9.98. The van der Waals surface area contributed by atoms with Gasteiger partial charge in [-0.1, -0.05) is 36.1 Å². The molecule has 7 heteroatoms. The van der Waals surface area contributed by atoms with E-state index in [2.05, 4.69) is 0 Å². The summed E-state index contributed by atoms with van der Waals surface area (Å²) < 4.78 is 5.72. The van der Waals surface area contributed by atoms with Crippen molar-refractivity contribution in [2.45, 2.75) is 25.7 Å². The number of hydrogen-bond donors (Lipinski definition) is 0. The largest absolute Gasteiger partial charge is 0.497 e. The number of rotatable bonds is 5. The van der Waals surface area contributed by atoms with E-state index >= 15 is 0 Å². The summed E-state index contributed by atoms with van der Waals surface area (Å²) in [5.41, 5.74) is 0.884. The predicted molar refractivity (Wildman–Crippen MR) is 108 cm³/mol. The molecule has 0 radical (unpaired) electrons. The molecule has 0 bridgehead atoms. The maximum absolute atomic E-state index is 12.7. The lowest BCUT2D eigenvalue weighted by atomic mass is 10.1. The molecule has 2 amide bonds. The van der Waals surface area contributed by atoms with Gasteiger partial charge in [0.1, 0.15) is 10.1 Å². The molecule has 0 aliphatic carbocycles. The number of benzene rings is 1. The third-order valence-electron chi connectivity index (χ3n) is 4.52. The number of thiocarbonyl (C=S) groups is 1. The molecule has 2 aliphatic heterocycles. The Hall–Kier alpha value is -1.86. The van der Waals surface area contributed by atoms with Crippen LogP contribution in [0, 0.1) is 0 Å². The number of methoxy groups -OCH3 is 1. The molecule has 0 unspecified atom stereocenters. The van der Waals surface area contributed by atoms with Gasteiger partial charge in [0.2, 0.25) is 5.91 Å². The van der Waals surface area contributed by atoms with E-state index < -0.39 is 0 Å². The molecule has 0 saturated carbocycles. The molecule has 26 heavy (non-hydrogen) atoms. The highest BCUT2D eigenvalue weighted by molar-refractivity contribution is 8.26. The smallest absolute Gasteiger partial charge is 0.266 e. The Bertz CT molecular complexity index is 742. The van der Waals surface area contributed by atoms with Crippen LogP contribution in [0.3, 0.4) is 0 Å². The van der Waals surface area contributed by atoms with Crippen LogP contribution in [0.15, 0.2) is 29.2 Å². The summed E-state index contributed by atoms with van der Waals surface area (Å²) in [6.45, 7) is 2.00. The van der Waals surface area contributed by atoms with Gasteiger partial charge in [-0.15, -0.1) is 0 Å². The van der Waals surface area contributed by atoms with Crippen molar-refractivity contribution in [3.05, 3.63) is 34.7 Å². The quantitative estimate of drug-likeness (QED) is 0.570. The fourth-order valence-corrected chi connectivity index (χ4v) is 4.39. The Morgan fingerprint density at radius 2 is 2.08 bits per heavy atom. The van der Waals surface area contributed by atoms with E-state index in [1.807, 2.05) is 35.2 Å². The number of thioether (sulfide) groups is 1. The Labute approximate surface area is 163 Å². The molecule has 0 atom stereocenters. The van der Waals surface area contributed by atoms with E-state index in [1.165, 1.54) is 23.1 Å². The zero-order valence-corrected chi connectivity index (χ0v) is 16.4. The van der Waals surface area contributed by atoms with Crippen molar-refractivity contribution in [1.82, 2.24) is 9.80 Å². The fourth-order valence-electron chi connectivity index (χ4n) is 3.08. The van der Waals surface area contributed by atoms with Crippen LogP contribution in [-0.4, -0.2) is 52.7 Å². The predicted octanol–water partition coefficient (Wildman–Crippen LogP) is 3.30. The van der Waals surface area contributed by atoms with E-state index in [-0.39, 0.29) is 11.8 Å². The maximum atomic E-state index is 12.7. The van der Waals surface area contributed by atoms with Crippen molar-refractivity contribution in [1.29, 1.82) is 0 Å². The summed E-state index contributed by atoms with van der Waals surface area (Å²) >= 11 is 6.63. The maximum Gasteiger partial charge on any atom is 0.266 e. The van der Waals surface area contributed by atoms with Crippen LogP contribution in [0.5, 0.6) is 5.75 Å². The molecule has 2 heterocycles. The molecule has 2 aliphatic rings. The lowest BCUT2D eigenvalue weighted by Gasteiger charge is -2.27. The van der Waals surface area contributed by atoms with Crippen LogP contribution in [0.4, 0.5) is 0 Å². The molecule has 1 aromatic carbocycles. The zero-order valence-electron chi connectivity index (χ0n) is 14.8. The normalized spacial score (nSPS) is 19.3. The minimum Gasteiger partial charge on any atom is -0.497 e. The lowest BCUT2D eigenvalue weighted by molar-refractivity contribution is -0.132. The molecule has 0 aromatic heterocycles. The van der Waals surface area contributed by atoms with Gasteiger partial charge in [0.25, 0.3) is 5.91 Å². The fraction of sp³-hybridized carbons (Fsp3) is 0.421. The van der Waals surface area contributed by atoms with Gasteiger partial charge in [0.05, 0.1) is 12.0 Å². The van der Waals surface area contributed by atoms with Crippen molar-refractivity contribution in [2.75, 3.05) is 26.7 Å². The van der Waals surface area contributed by atoms with Gasteiger partial charge in [-0.25, -0.2) is 0 Å². The van der Waals surface area contributed by atoms with E-state index in [1.54, 1.807) is 7.11 Å². The van der Waals surface area contributed by atoms with E-state index in [4.69, 9.17) is 17.0 Å². The Balaban J connectivity index is 1.63. The van der Waals surface area contributed by atoms with Gasteiger partial charge in [0, 0.05) is 26.1 Å². The number of piperidine rings is 1. The van der Waals surface area contributed by atoms with E-state index in [0.717, 1.165) is 37.2 Å². The number of nitrogens with zero attached hydrogens (tertiary/aromatic N) is 2. The molecule has 2 saturated heterocycles. The number of likely N-dealkylation sites (tertiary alicyclic amines) is 1. The van der Waals surface area contributed by atoms with Gasteiger partial charge in [-0.3, -0.25) is 14.5 Å². The number of hydrogen-bond acceptors (Lipinski definition) is 5. The van der Waals surface area contributed by atoms with Crippen LogP contribution in [0.25, 0.3) is 6.08 Å². The molecular formula is C19H22N2O3S2. The monoisotopic (exact) mass is 390 g/mol. The zero-order chi connectivity index (χ0) is 18.5. The third kappa shape index (κ3) is 4.45. The summed E-state index contributed by atoms with van der Waals surface area (Å²) in [5, 5.41) is 0. The highest BCUT2D eigenvalue weighted by atomic mass is 32.2. The van der Waals surface area contributed by atoms with Gasteiger partial charge in [0.15, 0.2) is 0 Å². The van der Waals surface area contributed by atoms with Crippen molar-refractivity contribution < 1.29 is 14.3 Å². The Kier molecular flexibility index (Phi) is 6.32. The Morgan fingerprint density at radius 1 is 1.31 bits per heavy atom. The molecular weight excluding hydrogens is 368 g/mol. The number of amides is 2. The van der Waals surface area contributed by atoms with E-state index in [0.29, 0.717) is 22.2 Å². The average molecular weight is 391 g/mol. The standard InChI is InChI=1S/C19H22N2O3S2/c1-24-15-7-5-6-14(12-15)13-16-18(23)21(19(25)26-16)11-8-17(22)20-9-3-2-4-10-20/h5-7,12-13H,2-4,8-11H2,1H3/b16-13-. The highest BCUT2D eigenvalue weighted by Crippen LogP contribution is 2.33. The average Bonchev–Trinajstić information content (AvgIpc) is 2.93. The Morgan fingerprint density at radius 3 is 2.81 bits per heavy atom. The summed E-state index contributed by atoms with van der Waals surface area (Å²) in [6, 6.07) is 7.51. The number of carbonyl (C=O) groups is 2. The van der Waals surface area contributed by atoms with Gasteiger partial charge in [-0.2, -0.15) is 0 Å². The second-order valence-electron chi connectivity index (χ2n) is 6.30. The first-order chi connectivity index (χ1) is 12.6. The van der Waals surface area contributed by atoms with Crippen LogP contribution in [0.2, 0.25) is 0 Å². The second-order valence-corrected chi connectivity index (χ2v) is 7.98. The highest BCUT2D eigenvalue weighted by Gasteiger charge is 2.32. The summed E-state index contributed by atoms with van der Waals surface area (Å²) in [4.78, 5) is 29.0. The first-order valence-electron chi connectivity index (χ1n) is 8.75. The lowest BCUT2D eigenvalue weighted by Crippen LogP contribution is -2.38. The molecule has 138 valence electrons. The van der Waals surface area contributed by atoms with Crippen molar-refractivity contribution >= 4 is 46.2 Å². The number of ether oxygens (including phenoxy) is 1.